The Labute approximate surface area is 270 Å². The SMILES string of the molecule is CC(C)(C)CNc1c(C#N)cnc2c(Cl)cc(N[C@H](c3cn(C4(C(F)(F)F)CC4)nn3)c3cccc4c(=O)n(C(F)F)ccc34)cc12. The molecule has 15 heteroatoms. The summed E-state index contributed by atoms with van der Waals surface area (Å²) in [6.07, 6.45) is -1.29. The second-order valence-electron chi connectivity index (χ2n) is 12.7. The standard InChI is InChI=1S/C32H28ClF5N8O/c1-30(2,3)16-41-25-17(13-39)14-40-26-22(25)11-18(12-23(26)33)42-27(24-15-46(44-43-24)31(8-9-31)32(36,37)38)20-5-4-6-21-19(20)7-10-45(28(21)47)29(34)35/h4-7,10-12,14-15,27,29,42H,8-9,16H2,1-3H3,(H,40,41)/t27-/m0/s1. The predicted molar refractivity (Wildman–Crippen MR) is 168 cm³/mol. The van der Waals surface area contributed by atoms with Gasteiger partial charge in [0.25, 0.3) is 5.56 Å². The Bertz CT molecular complexity index is 2110. The van der Waals surface area contributed by atoms with Gasteiger partial charge >= 0.3 is 12.7 Å². The summed E-state index contributed by atoms with van der Waals surface area (Å²) in [7, 11) is 0. The van der Waals surface area contributed by atoms with Gasteiger partial charge in [-0.2, -0.15) is 27.2 Å². The van der Waals surface area contributed by atoms with Crippen LogP contribution in [-0.2, 0) is 5.54 Å². The lowest BCUT2D eigenvalue weighted by atomic mass is 9.96. The molecule has 244 valence electrons. The second kappa shape index (κ2) is 11.5. The minimum absolute atomic E-state index is 0.0217. The predicted octanol–water partition coefficient (Wildman–Crippen LogP) is 7.77. The van der Waals surface area contributed by atoms with Crippen LogP contribution in [0.25, 0.3) is 21.7 Å². The number of pyridine rings is 2. The number of alkyl halides is 5. The Morgan fingerprint density at radius 3 is 2.49 bits per heavy atom. The van der Waals surface area contributed by atoms with Crippen LogP contribution in [0.3, 0.4) is 0 Å². The zero-order chi connectivity index (χ0) is 33.9. The molecule has 0 saturated heterocycles. The largest absolute Gasteiger partial charge is 0.413 e. The van der Waals surface area contributed by atoms with E-state index >= 15 is 0 Å². The Balaban J connectivity index is 1.52. The fourth-order valence-electron chi connectivity index (χ4n) is 5.55. The minimum atomic E-state index is -4.56. The molecular weight excluding hydrogens is 643 g/mol. The quantitative estimate of drug-likeness (QED) is 0.162. The van der Waals surface area contributed by atoms with Gasteiger partial charge in [0.15, 0.2) is 5.54 Å². The van der Waals surface area contributed by atoms with Crippen LogP contribution in [0.1, 0.15) is 63.0 Å². The summed E-state index contributed by atoms with van der Waals surface area (Å²) in [4.78, 5) is 17.3. The highest BCUT2D eigenvalue weighted by Crippen LogP contribution is 2.55. The van der Waals surface area contributed by atoms with Gasteiger partial charge in [-0.05, 0) is 53.5 Å². The Morgan fingerprint density at radius 1 is 1.11 bits per heavy atom. The maximum absolute atomic E-state index is 14.0. The number of nitrogens with zero attached hydrogens (tertiary/aromatic N) is 6. The first-order valence-electron chi connectivity index (χ1n) is 14.6. The fraction of sp³-hybridized carbons (Fsp3) is 0.344. The molecule has 9 nitrogen and oxygen atoms in total. The van der Waals surface area contributed by atoms with Crippen molar-refractivity contribution in [2.24, 2.45) is 5.41 Å². The molecular formula is C32H28ClF5N8O. The van der Waals surface area contributed by atoms with Crippen molar-refractivity contribution in [3.05, 3.63) is 87.2 Å². The molecule has 0 bridgehead atoms. The summed E-state index contributed by atoms with van der Waals surface area (Å²) >= 11 is 6.70. The molecule has 3 heterocycles. The monoisotopic (exact) mass is 670 g/mol. The van der Waals surface area contributed by atoms with Gasteiger partial charge in [-0.15, -0.1) is 5.10 Å². The highest BCUT2D eigenvalue weighted by atomic mass is 35.5. The molecule has 0 spiro atoms. The van der Waals surface area contributed by atoms with Crippen LogP contribution in [0.2, 0.25) is 5.02 Å². The number of nitriles is 1. The number of aromatic nitrogens is 5. The number of hydrogen-bond acceptors (Lipinski definition) is 7. The van der Waals surface area contributed by atoms with Gasteiger partial charge in [0, 0.05) is 35.4 Å². The molecule has 0 amide bonds. The lowest BCUT2D eigenvalue weighted by Crippen LogP contribution is -2.35. The third-order valence-corrected chi connectivity index (χ3v) is 8.46. The van der Waals surface area contributed by atoms with Crippen LogP contribution in [-0.4, -0.2) is 37.3 Å². The Morgan fingerprint density at radius 2 is 1.85 bits per heavy atom. The number of benzene rings is 2. The molecule has 1 atom stereocenters. The van der Waals surface area contributed by atoms with Gasteiger partial charge in [0.2, 0.25) is 0 Å². The lowest BCUT2D eigenvalue weighted by molar-refractivity contribution is -0.182. The average Bonchev–Trinajstić information content (AvgIpc) is 3.69. The van der Waals surface area contributed by atoms with Crippen molar-refractivity contribution in [2.45, 2.75) is 57.9 Å². The van der Waals surface area contributed by atoms with Crippen molar-refractivity contribution in [1.82, 2.24) is 24.5 Å². The van der Waals surface area contributed by atoms with Crippen LogP contribution in [0, 0.1) is 16.7 Å². The van der Waals surface area contributed by atoms with Gasteiger partial charge in [-0.1, -0.05) is 49.7 Å². The van der Waals surface area contributed by atoms with E-state index in [0.717, 1.165) is 10.9 Å². The summed E-state index contributed by atoms with van der Waals surface area (Å²) in [5.74, 6) is 0. The highest BCUT2D eigenvalue weighted by Gasteiger charge is 2.66. The summed E-state index contributed by atoms with van der Waals surface area (Å²) in [6, 6.07) is 10.2. The molecule has 1 aliphatic carbocycles. The van der Waals surface area contributed by atoms with Gasteiger partial charge in [-0.3, -0.25) is 14.3 Å². The van der Waals surface area contributed by atoms with Crippen LogP contribution in [0.15, 0.2) is 59.8 Å². The van der Waals surface area contributed by atoms with E-state index in [0.29, 0.717) is 39.0 Å². The van der Waals surface area contributed by atoms with E-state index in [1.54, 1.807) is 18.2 Å². The molecule has 6 rings (SSSR count). The second-order valence-corrected chi connectivity index (χ2v) is 13.1. The van der Waals surface area contributed by atoms with Crippen LogP contribution < -0.4 is 16.2 Å². The van der Waals surface area contributed by atoms with Crippen molar-refractivity contribution in [1.29, 1.82) is 5.26 Å². The van der Waals surface area contributed by atoms with Crippen LogP contribution in [0.5, 0.6) is 0 Å². The normalized spacial score (nSPS) is 15.2. The molecule has 1 fully saturated rings. The number of fused-ring (bicyclic) bond motifs is 2. The third kappa shape index (κ3) is 5.84. The van der Waals surface area contributed by atoms with E-state index < -0.39 is 29.9 Å². The number of anilines is 2. The first kappa shape index (κ1) is 32.2. The van der Waals surface area contributed by atoms with Crippen molar-refractivity contribution in [3.8, 4) is 6.07 Å². The lowest BCUT2D eigenvalue weighted by Gasteiger charge is -2.23. The van der Waals surface area contributed by atoms with Crippen molar-refractivity contribution in [2.75, 3.05) is 17.2 Å². The molecule has 5 aromatic rings. The van der Waals surface area contributed by atoms with Crippen LogP contribution in [0.4, 0.5) is 33.3 Å². The minimum Gasteiger partial charge on any atom is -0.383 e. The van der Waals surface area contributed by atoms with Crippen molar-refractivity contribution >= 4 is 44.7 Å². The van der Waals surface area contributed by atoms with Gasteiger partial charge in [-0.25, -0.2) is 4.68 Å². The molecule has 1 saturated carbocycles. The maximum Gasteiger partial charge on any atom is 0.413 e. The molecule has 2 N–H and O–H groups in total. The molecule has 2 aromatic carbocycles. The molecule has 0 aliphatic heterocycles. The zero-order valence-electron chi connectivity index (χ0n) is 25.3. The summed E-state index contributed by atoms with van der Waals surface area (Å²) < 4.78 is 70.2. The number of rotatable bonds is 8. The van der Waals surface area contributed by atoms with E-state index in [2.05, 4.69) is 32.0 Å². The highest BCUT2D eigenvalue weighted by molar-refractivity contribution is 6.35. The van der Waals surface area contributed by atoms with Gasteiger partial charge in [0.05, 0.1) is 34.0 Å². The number of nitrogens with one attached hydrogen (secondary N) is 2. The third-order valence-electron chi connectivity index (χ3n) is 8.18. The van der Waals surface area contributed by atoms with Crippen molar-refractivity contribution < 1.29 is 22.0 Å². The van der Waals surface area contributed by atoms with Crippen LogP contribution >= 0.6 is 11.6 Å². The maximum atomic E-state index is 14.0. The molecule has 0 unspecified atom stereocenters. The van der Waals surface area contributed by atoms with E-state index in [9.17, 15) is 32.0 Å². The number of hydrogen-bond donors (Lipinski definition) is 2. The Hall–Kier alpha value is -4.77. The summed E-state index contributed by atoms with van der Waals surface area (Å²) in [6.45, 7) is 3.51. The van der Waals surface area contributed by atoms with E-state index in [-0.39, 0.29) is 45.3 Å². The smallest absolute Gasteiger partial charge is 0.383 e. The molecule has 1 aliphatic rings. The van der Waals surface area contributed by atoms with Crippen molar-refractivity contribution in [3.63, 3.8) is 0 Å². The zero-order valence-corrected chi connectivity index (χ0v) is 26.1. The topological polar surface area (TPSA) is 113 Å². The summed E-state index contributed by atoms with van der Waals surface area (Å²) in [5, 5.41) is 25.4. The van der Waals surface area contributed by atoms with E-state index in [1.807, 2.05) is 20.8 Å². The van der Waals surface area contributed by atoms with E-state index in [4.69, 9.17) is 11.6 Å². The van der Waals surface area contributed by atoms with Gasteiger partial charge < -0.3 is 10.6 Å². The number of halogens is 6. The van der Waals surface area contributed by atoms with Gasteiger partial charge in [0.1, 0.15) is 11.8 Å². The molecule has 3 aromatic heterocycles. The fourth-order valence-corrected chi connectivity index (χ4v) is 5.82. The Kier molecular flexibility index (Phi) is 7.86. The summed E-state index contributed by atoms with van der Waals surface area (Å²) in [5.41, 5.74) is -1.24. The average molecular weight is 671 g/mol. The first-order valence-corrected chi connectivity index (χ1v) is 15.0. The first-order chi connectivity index (χ1) is 22.1. The van der Waals surface area contributed by atoms with E-state index in [1.165, 1.54) is 30.6 Å². The molecule has 0 radical (unpaired) electrons. The molecule has 47 heavy (non-hydrogen) atoms.